The van der Waals surface area contributed by atoms with Crippen molar-refractivity contribution in [2.45, 2.75) is 0 Å². The Hall–Kier alpha value is -2.08. The van der Waals surface area contributed by atoms with E-state index in [4.69, 9.17) is 11.2 Å². The first-order valence-electron chi connectivity index (χ1n) is 6.48. The van der Waals surface area contributed by atoms with Gasteiger partial charge in [-0.3, -0.25) is 0 Å². The highest BCUT2D eigenvalue weighted by Crippen LogP contribution is 2.36. The van der Waals surface area contributed by atoms with Crippen molar-refractivity contribution in [3.63, 3.8) is 0 Å². The normalized spacial score (nSPS) is 10.7. The maximum Gasteiger partial charge on any atom is 0.149 e. The Labute approximate surface area is 150 Å². The molecule has 0 radical (unpaired) electrons. The van der Waals surface area contributed by atoms with Crippen LogP contribution in [0, 0.1) is 29.5 Å². The van der Waals surface area contributed by atoms with E-state index in [1.54, 1.807) is 36.4 Å². The molecule has 0 amide bonds. The molecule has 2 rings (SSSR count). The number of allylic oxidation sites excluding steroid dienone is 1. The van der Waals surface area contributed by atoms with Crippen LogP contribution in [0.3, 0.4) is 0 Å². The van der Waals surface area contributed by atoms with E-state index in [-0.39, 0.29) is 17.7 Å². The highest BCUT2D eigenvalue weighted by atomic mass is 79.9. The number of terminal acetylenes is 1. The first-order chi connectivity index (χ1) is 11.1. The predicted octanol–water partition coefficient (Wildman–Crippen LogP) is 5.43. The van der Waals surface area contributed by atoms with Gasteiger partial charge in [-0.2, -0.15) is 5.26 Å². The van der Waals surface area contributed by atoms with Crippen LogP contribution in [0.5, 0.6) is 5.75 Å². The number of nitrogens with zero attached hydrogens (tertiary/aromatic N) is 1. The summed E-state index contributed by atoms with van der Waals surface area (Å²) in [7, 11) is 0. The first kappa shape index (κ1) is 17.3. The fraction of sp³-hybridized carbons (Fsp3) is 0.0556. The standard InChI is InChI=1S/C18H10Br2FNO/c1-2-7-23-18-15(19)9-12(10-16(18)20)8-13(11-22)14-5-3-4-6-17(14)21/h1,3-6,8-10H,7H2/b13-8-. The van der Waals surface area contributed by atoms with Gasteiger partial charge < -0.3 is 4.74 Å². The number of ether oxygens (including phenoxy) is 1. The lowest BCUT2D eigenvalue weighted by Gasteiger charge is -2.09. The molecule has 5 heteroatoms. The molecular formula is C18H10Br2FNO. The molecule has 0 saturated heterocycles. The summed E-state index contributed by atoms with van der Waals surface area (Å²) in [6.07, 6.45) is 6.79. The second kappa shape index (κ2) is 7.97. The van der Waals surface area contributed by atoms with E-state index >= 15 is 0 Å². The molecule has 0 heterocycles. The lowest BCUT2D eigenvalue weighted by Crippen LogP contribution is -1.96. The number of nitriles is 1. The van der Waals surface area contributed by atoms with Gasteiger partial charge in [-0.1, -0.05) is 24.1 Å². The molecule has 0 spiro atoms. The molecule has 0 aliphatic rings. The van der Waals surface area contributed by atoms with Crippen molar-refractivity contribution >= 4 is 43.5 Å². The van der Waals surface area contributed by atoms with Crippen molar-refractivity contribution in [1.82, 2.24) is 0 Å². The molecule has 0 aliphatic heterocycles. The van der Waals surface area contributed by atoms with Gasteiger partial charge in [-0.15, -0.1) is 6.42 Å². The van der Waals surface area contributed by atoms with Crippen molar-refractivity contribution in [3.05, 3.63) is 62.3 Å². The Morgan fingerprint density at radius 1 is 1.26 bits per heavy atom. The molecule has 2 aromatic carbocycles. The van der Waals surface area contributed by atoms with Gasteiger partial charge in [0, 0.05) is 5.56 Å². The molecule has 0 atom stereocenters. The Balaban J connectivity index is 2.44. The predicted molar refractivity (Wildman–Crippen MR) is 96.1 cm³/mol. The lowest BCUT2D eigenvalue weighted by molar-refractivity contribution is 0.365. The van der Waals surface area contributed by atoms with Gasteiger partial charge in [0.1, 0.15) is 18.2 Å². The summed E-state index contributed by atoms with van der Waals surface area (Å²) in [5.41, 5.74) is 1.21. The zero-order chi connectivity index (χ0) is 16.8. The van der Waals surface area contributed by atoms with Crippen LogP contribution < -0.4 is 4.74 Å². The fourth-order valence-corrected chi connectivity index (χ4v) is 3.38. The SMILES string of the molecule is C#CCOc1c(Br)cc(/C=C(/C#N)c2ccccc2F)cc1Br. The Morgan fingerprint density at radius 2 is 1.91 bits per heavy atom. The summed E-state index contributed by atoms with van der Waals surface area (Å²) in [6, 6.07) is 11.7. The van der Waals surface area contributed by atoms with Crippen molar-refractivity contribution in [1.29, 1.82) is 5.26 Å². The third-order valence-corrected chi connectivity index (χ3v) is 4.09. The first-order valence-corrected chi connectivity index (χ1v) is 8.07. The van der Waals surface area contributed by atoms with E-state index in [0.29, 0.717) is 14.7 Å². The van der Waals surface area contributed by atoms with Crippen LogP contribution in [0.4, 0.5) is 4.39 Å². The second-order valence-corrected chi connectivity index (χ2v) is 6.16. The van der Waals surface area contributed by atoms with Crippen LogP contribution >= 0.6 is 31.9 Å². The molecule has 0 unspecified atom stereocenters. The highest BCUT2D eigenvalue weighted by Gasteiger charge is 2.11. The maximum absolute atomic E-state index is 13.8. The van der Waals surface area contributed by atoms with Crippen LogP contribution in [-0.4, -0.2) is 6.61 Å². The van der Waals surface area contributed by atoms with Crippen LogP contribution in [0.1, 0.15) is 11.1 Å². The Bertz CT molecular complexity index is 824. The molecular weight excluding hydrogens is 425 g/mol. The monoisotopic (exact) mass is 433 g/mol. The van der Waals surface area contributed by atoms with Crippen molar-refractivity contribution < 1.29 is 9.13 Å². The average molecular weight is 435 g/mol. The number of hydrogen-bond donors (Lipinski definition) is 0. The summed E-state index contributed by atoms with van der Waals surface area (Å²) in [4.78, 5) is 0. The molecule has 23 heavy (non-hydrogen) atoms. The van der Waals surface area contributed by atoms with E-state index < -0.39 is 5.82 Å². The highest BCUT2D eigenvalue weighted by molar-refractivity contribution is 9.11. The third kappa shape index (κ3) is 4.22. The van der Waals surface area contributed by atoms with Crippen LogP contribution in [0.2, 0.25) is 0 Å². The zero-order valence-electron chi connectivity index (χ0n) is 11.8. The van der Waals surface area contributed by atoms with E-state index in [1.165, 1.54) is 6.07 Å². The van der Waals surface area contributed by atoms with Gasteiger partial charge in [0.2, 0.25) is 0 Å². The molecule has 2 aromatic rings. The van der Waals surface area contributed by atoms with Crippen LogP contribution in [0.25, 0.3) is 11.6 Å². The molecule has 0 aromatic heterocycles. The molecule has 0 N–H and O–H groups in total. The maximum atomic E-state index is 13.8. The van der Waals surface area contributed by atoms with E-state index in [0.717, 1.165) is 5.56 Å². The Morgan fingerprint density at radius 3 is 2.48 bits per heavy atom. The summed E-state index contributed by atoms with van der Waals surface area (Å²) in [5.74, 6) is 2.53. The molecule has 0 aliphatic carbocycles. The fourth-order valence-electron chi connectivity index (χ4n) is 1.93. The number of rotatable bonds is 4. The zero-order valence-corrected chi connectivity index (χ0v) is 15.0. The Kier molecular flexibility index (Phi) is 5.98. The smallest absolute Gasteiger partial charge is 0.149 e. The topological polar surface area (TPSA) is 33.0 Å². The second-order valence-electron chi connectivity index (χ2n) is 4.46. The summed E-state index contributed by atoms with van der Waals surface area (Å²) < 4.78 is 20.6. The quantitative estimate of drug-likeness (QED) is 0.365. The van der Waals surface area contributed by atoms with E-state index in [2.05, 4.69) is 37.8 Å². The number of halogens is 3. The van der Waals surface area contributed by atoms with Gasteiger partial charge in [0.15, 0.2) is 0 Å². The minimum atomic E-state index is -0.438. The van der Waals surface area contributed by atoms with Crippen LogP contribution in [0.15, 0.2) is 45.3 Å². The van der Waals surface area contributed by atoms with Gasteiger partial charge in [0.25, 0.3) is 0 Å². The van der Waals surface area contributed by atoms with Gasteiger partial charge in [-0.25, -0.2) is 4.39 Å². The number of benzene rings is 2. The average Bonchev–Trinajstić information content (AvgIpc) is 2.53. The summed E-state index contributed by atoms with van der Waals surface area (Å²) in [5, 5.41) is 9.32. The van der Waals surface area contributed by atoms with Gasteiger partial charge in [0.05, 0.1) is 20.6 Å². The van der Waals surface area contributed by atoms with Crippen molar-refractivity contribution in [2.75, 3.05) is 6.61 Å². The van der Waals surface area contributed by atoms with Crippen molar-refractivity contribution in [3.8, 4) is 24.2 Å². The minimum absolute atomic E-state index is 0.144. The molecule has 0 saturated carbocycles. The third-order valence-electron chi connectivity index (χ3n) is 2.92. The van der Waals surface area contributed by atoms with Gasteiger partial charge >= 0.3 is 0 Å². The van der Waals surface area contributed by atoms with Crippen molar-refractivity contribution in [2.24, 2.45) is 0 Å². The molecule has 0 fully saturated rings. The van der Waals surface area contributed by atoms with Gasteiger partial charge in [-0.05, 0) is 61.7 Å². The largest absolute Gasteiger partial charge is 0.479 e. The lowest BCUT2D eigenvalue weighted by atomic mass is 10.0. The molecule has 0 bridgehead atoms. The number of hydrogen-bond acceptors (Lipinski definition) is 2. The van der Waals surface area contributed by atoms with E-state index in [9.17, 15) is 9.65 Å². The molecule has 114 valence electrons. The molecule has 2 nitrogen and oxygen atoms in total. The van der Waals surface area contributed by atoms with E-state index in [1.807, 2.05) is 6.07 Å². The summed E-state index contributed by atoms with van der Waals surface area (Å²) in [6.45, 7) is 0.144. The minimum Gasteiger partial charge on any atom is -0.479 e. The summed E-state index contributed by atoms with van der Waals surface area (Å²) >= 11 is 6.80. The van der Waals surface area contributed by atoms with Crippen LogP contribution in [-0.2, 0) is 0 Å².